The van der Waals surface area contributed by atoms with Crippen LogP contribution in [0.3, 0.4) is 0 Å². The summed E-state index contributed by atoms with van der Waals surface area (Å²) in [6, 6.07) is 0. The molecule has 0 spiro atoms. The average molecular weight is 239 g/mol. The van der Waals surface area contributed by atoms with Gasteiger partial charge in [0.25, 0.3) is 0 Å². The van der Waals surface area contributed by atoms with Gasteiger partial charge in [-0.15, -0.1) is 0 Å². The first-order valence-corrected chi connectivity index (χ1v) is 7.28. The molecule has 0 aromatic rings. The topological polar surface area (TPSA) is 32.7 Å². The van der Waals surface area contributed by atoms with Crippen molar-refractivity contribution in [3.63, 3.8) is 0 Å². The molecule has 2 aliphatic heterocycles. The summed E-state index contributed by atoms with van der Waals surface area (Å²) in [5.74, 6) is 0. The van der Waals surface area contributed by atoms with Gasteiger partial charge in [0, 0.05) is 31.7 Å². The maximum atomic E-state index is 9.76. The van der Waals surface area contributed by atoms with Gasteiger partial charge in [0.2, 0.25) is 0 Å². The van der Waals surface area contributed by atoms with Crippen LogP contribution in [0.25, 0.3) is 0 Å². The van der Waals surface area contributed by atoms with E-state index < -0.39 is 0 Å². The van der Waals surface area contributed by atoms with E-state index in [4.69, 9.17) is 4.74 Å². The van der Waals surface area contributed by atoms with Crippen molar-refractivity contribution in [3.8, 4) is 0 Å². The molecule has 1 saturated carbocycles. The highest BCUT2D eigenvalue weighted by atomic mass is 16.5. The molecule has 2 unspecified atom stereocenters. The third-order valence-corrected chi connectivity index (χ3v) is 4.93. The molecule has 3 nitrogen and oxygen atoms in total. The molecule has 2 atom stereocenters. The van der Waals surface area contributed by atoms with Crippen LogP contribution >= 0.6 is 0 Å². The van der Waals surface area contributed by atoms with Crippen molar-refractivity contribution in [1.29, 1.82) is 0 Å². The lowest BCUT2D eigenvalue weighted by Gasteiger charge is -2.42. The Kier molecular flexibility index (Phi) is 3.42. The molecule has 0 amide bonds. The molecule has 3 aliphatic rings. The Bertz CT molecular complexity index is 251. The highest BCUT2D eigenvalue weighted by Gasteiger charge is 2.39. The predicted molar refractivity (Wildman–Crippen MR) is 66.9 cm³/mol. The lowest BCUT2D eigenvalue weighted by Crippen LogP contribution is -2.49. The summed E-state index contributed by atoms with van der Waals surface area (Å²) in [6.07, 6.45) is 9.85. The molecule has 0 aromatic carbocycles. The number of ether oxygens (including phenoxy) is 1. The number of aliphatic hydroxyl groups excluding tert-OH is 1. The van der Waals surface area contributed by atoms with Crippen molar-refractivity contribution in [3.05, 3.63) is 0 Å². The van der Waals surface area contributed by atoms with Gasteiger partial charge < -0.3 is 9.84 Å². The standard InChI is InChI=1S/C14H25NO2/c16-11-14(6-2-1-3-7-14)10-15-8-12-4-5-13(9-15)17-12/h12-13,16H,1-11H2. The van der Waals surface area contributed by atoms with Gasteiger partial charge in [-0.25, -0.2) is 0 Å². The van der Waals surface area contributed by atoms with E-state index in [1.54, 1.807) is 0 Å². The van der Waals surface area contributed by atoms with E-state index >= 15 is 0 Å². The van der Waals surface area contributed by atoms with Gasteiger partial charge in [0.05, 0.1) is 12.2 Å². The zero-order chi connectivity index (χ0) is 11.7. The summed E-state index contributed by atoms with van der Waals surface area (Å²) >= 11 is 0. The van der Waals surface area contributed by atoms with Crippen LogP contribution in [0.15, 0.2) is 0 Å². The number of hydrogen-bond donors (Lipinski definition) is 1. The quantitative estimate of drug-likeness (QED) is 0.815. The van der Waals surface area contributed by atoms with E-state index in [2.05, 4.69) is 4.90 Å². The number of rotatable bonds is 3. The molecular weight excluding hydrogens is 214 g/mol. The molecule has 2 saturated heterocycles. The van der Waals surface area contributed by atoms with E-state index in [-0.39, 0.29) is 5.41 Å². The van der Waals surface area contributed by atoms with Crippen LogP contribution in [-0.4, -0.2) is 48.5 Å². The maximum Gasteiger partial charge on any atom is 0.0707 e. The molecule has 0 radical (unpaired) electrons. The molecule has 1 N–H and O–H groups in total. The lowest BCUT2D eigenvalue weighted by atomic mass is 9.74. The van der Waals surface area contributed by atoms with Crippen LogP contribution in [0.1, 0.15) is 44.9 Å². The molecule has 0 aromatic heterocycles. The summed E-state index contributed by atoms with van der Waals surface area (Å²) in [5.41, 5.74) is 0.203. The summed E-state index contributed by atoms with van der Waals surface area (Å²) < 4.78 is 5.88. The second-order valence-corrected chi connectivity index (χ2v) is 6.37. The molecular formula is C14H25NO2. The van der Waals surface area contributed by atoms with Gasteiger partial charge in [-0.1, -0.05) is 19.3 Å². The van der Waals surface area contributed by atoms with Crippen LogP contribution in [0, 0.1) is 5.41 Å². The fourth-order valence-electron chi connectivity index (χ4n) is 3.97. The molecule has 3 fully saturated rings. The molecule has 3 rings (SSSR count). The number of likely N-dealkylation sites (tertiary alicyclic amines) is 1. The largest absolute Gasteiger partial charge is 0.396 e. The van der Waals surface area contributed by atoms with Crippen LogP contribution in [0.2, 0.25) is 0 Å². The zero-order valence-corrected chi connectivity index (χ0v) is 10.7. The first kappa shape index (κ1) is 11.9. The Labute approximate surface area is 104 Å². The fourth-order valence-corrected chi connectivity index (χ4v) is 3.97. The second-order valence-electron chi connectivity index (χ2n) is 6.37. The van der Waals surface area contributed by atoms with Crippen molar-refractivity contribution < 1.29 is 9.84 Å². The van der Waals surface area contributed by atoms with Gasteiger partial charge >= 0.3 is 0 Å². The van der Waals surface area contributed by atoms with Gasteiger partial charge in [-0.05, 0) is 25.7 Å². The number of morpholine rings is 1. The smallest absolute Gasteiger partial charge is 0.0707 e. The minimum Gasteiger partial charge on any atom is -0.396 e. The Morgan fingerprint density at radius 2 is 1.71 bits per heavy atom. The van der Waals surface area contributed by atoms with Crippen molar-refractivity contribution in [2.45, 2.75) is 57.2 Å². The Balaban J connectivity index is 1.61. The van der Waals surface area contributed by atoms with Gasteiger partial charge in [0.1, 0.15) is 0 Å². The second kappa shape index (κ2) is 4.87. The van der Waals surface area contributed by atoms with Crippen molar-refractivity contribution in [1.82, 2.24) is 4.90 Å². The lowest BCUT2D eigenvalue weighted by molar-refractivity contribution is -0.0615. The molecule has 2 heterocycles. The molecule has 2 bridgehead atoms. The summed E-state index contributed by atoms with van der Waals surface area (Å²) in [5, 5.41) is 9.76. The van der Waals surface area contributed by atoms with E-state index in [1.807, 2.05) is 0 Å². The fraction of sp³-hybridized carbons (Fsp3) is 1.00. The highest BCUT2D eigenvalue weighted by Crippen LogP contribution is 2.38. The number of aliphatic hydroxyl groups is 1. The van der Waals surface area contributed by atoms with Gasteiger partial charge in [0.15, 0.2) is 0 Å². The first-order valence-electron chi connectivity index (χ1n) is 7.28. The van der Waals surface area contributed by atoms with Crippen molar-refractivity contribution in [2.24, 2.45) is 5.41 Å². The van der Waals surface area contributed by atoms with Gasteiger partial charge in [-0.3, -0.25) is 4.90 Å². The Morgan fingerprint density at radius 1 is 1.06 bits per heavy atom. The first-order chi connectivity index (χ1) is 8.30. The number of fused-ring (bicyclic) bond motifs is 2. The Morgan fingerprint density at radius 3 is 2.29 bits per heavy atom. The molecule has 3 heteroatoms. The minimum absolute atomic E-state index is 0.203. The number of nitrogens with zero attached hydrogens (tertiary/aromatic N) is 1. The SMILES string of the molecule is OCC1(CN2CC3CCC(C2)O3)CCCCC1. The van der Waals surface area contributed by atoms with E-state index in [9.17, 15) is 5.11 Å². The highest BCUT2D eigenvalue weighted by molar-refractivity contribution is 4.90. The molecule has 17 heavy (non-hydrogen) atoms. The zero-order valence-electron chi connectivity index (χ0n) is 10.7. The minimum atomic E-state index is 0.203. The Hall–Kier alpha value is -0.120. The van der Waals surface area contributed by atoms with Crippen LogP contribution < -0.4 is 0 Å². The third-order valence-electron chi connectivity index (χ3n) is 4.93. The number of hydrogen-bond acceptors (Lipinski definition) is 3. The van der Waals surface area contributed by atoms with Crippen LogP contribution in [0.5, 0.6) is 0 Å². The summed E-state index contributed by atoms with van der Waals surface area (Å²) in [4.78, 5) is 2.56. The van der Waals surface area contributed by atoms with E-state index in [1.165, 1.54) is 44.9 Å². The third kappa shape index (κ3) is 2.51. The summed E-state index contributed by atoms with van der Waals surface area (Å²) in [7, 11) is 0. The van der Waals surface area contributed by atoms with Crippen LogP contribution in [0.4, 0.5) is 0 Å². The molecule has 1 aliphatic carbocycles. The van der Waals surface area contributed by atoms with E-state index in [0.717, 1.165) is 19.6 Å². The summed E-state index contributed by atoms with van der Waals surface area (Å²) in [6.45, 7) is 3.66. The molecule has 98 valence electrons. The monoisotopic (exact) mass is 239 g/mol. The van der Waals surface area contributed by atoms with Crippen molar-refractivity contribution >= 4 is 0 Å². The average Bonchev–Trinajstić information content (AvgIpc) is 2.70. The van der Waals surface area contributed by atoms with Crippen molar-refractivity contribution in [2.75, 3.05) is 26.2 Å². The normalized spacial score (nSPS) is 37.2. The van der Waals surface area contributed by atoms with E-state index in [0.29, 0.717) is 18.8 Å². The maximum absolute atomic E-state index is 9.76. The van der Waals surface area contributed by atoms with Crippen LogP contribution in [-0.2, 0) is 4.74 Å². The predicted octanol–water partition coefficient (Wildman–Crippen LogP) is 1.79. The van der Waals surface area contributed by atoms with Gasteiger partial charge in [-0.2, -0.15) is 0 Å².